The summed E-state index contributed by atoms with van der Waals surface area (Å²) in [6.07, 6.45) is 0.923. The van der Waals surface area contributed by atoms with Gasteiger partial charge in [0.05, 0.1) is 18.1 Å². The van der Waals surface area contributed by atoms with Gasteiger partial charge in [-0.2, -0.15) is 0 Å². The molecule has 110 valence electrons. The Hall–Kier alpha value is -1.86. The molecule has 0 unspecified atom stereocenters. The monoisotopic (exact) mass is 280 g/mol. The second kappa shape index (κ2) is 7.06. The van der Waals surface area contributed by atoms with Crippen molar-refractivity contribution >= 4 is 17.1 Å². The van der Waals surface area contributed by atoms with Crippen LogP contribution in [0.2, 0.25) is 0 Å². The van der Waals surface area contributed by atoms with Gasteiger partial charge in [-0.25, -0.2) is 0 Å². The number of nitrogens with zero attached hydrogens (tertiary/aromatic N) is 2. The van der Waals surface area contributed by atoms with Gasteiger partial charge < -0.3 is 15.8 Å². The summed E-state index contributed by atoms with van der Waals surface area (Å²) in [4.78, 5) is 12.9. The maximum atomic E-state index is 11.0. The van der Waals surface area contributed by atoms with Crippen LogP contribution in [0.1, 0.15) is 6.42 Å². The highest BCUT2D eigenvalue weighted by Crippen LogP contribution is 2.30. The minimum Gasteiger partial charge on any atom is -0.393 e. The Morgan fingerprint density at radius 1 is 1.40 bits per heavy atom. The van der Waals surface area contributed by atoms with E-state index in [0.29, 0.717) is 12.2 Å². The third-order valence-corrected chi connectivity index (χ3v) is 3.32. The SMILES string of the molecule is Nc1cccc(NCCCN2CCOCC2)c1[N+](=O)[O-]. The van der Waals surface area contributed by atoms with E-state index in [4.69, 9.17) is 10.5 Å². The first-order valence-corrected chi connectivity index (χ1v) is 6.75. The van der Waals surface area contributed by atoms with Crippen LogP contribution in [0.5, 0.6) is 0 Å². The minimum atomic E-state index is -0.445. The average Bonchev–Trinajstić information content (AvgIpc) is 2.44. The first-order valence-electron chi connectivity index (χ1n) is 6.75. The highest BCUT2D eigenvalue weighted by molar-refractivity contribution is 5.74. The summed E-state index contributed by atoms with van der Waals surface area (Å²) >= 11 is 0. The topological polar surface area (TPSA) is 93.7 Å². The van der Waals surface area contributed by atoms with Gasteiger partial charge >= 0.3 is 5.69 Å². The molecule has 0 amide bonds. The predicted molar refractivity (Wildman–Crippen MR) is 77.9 cm³/mol. The van der Waals surface area contributed by atoms with Crippen molar-refractivity contribution in [2.45, 2.75) is 6.42 Å². The van der Waals surface area contributed by atoms with Gasteiger partial charge in [-0.3, -0.25) is 15.0 Å². The molecule has 3 N–H and O–H groups in total. The van der Waals surface area contributed by atoms with Crippen molar-refractivity contribution in [3.63, 3.8) is 0 Å². The summed E-state index contributed by atoms with van der Waals surface area (Å²) in [5.74, 6) is 0. The maximum Gasteiger partial charge on any atom is 0.314 e. The summed E-state index contributed by atoms with van der Waals surface area (Å²) in [6.45, 7) is 5.13. The van der Waals surface area contributed by atoms with E-state index in [2.05, 4.69) is 10.2 Å². The Morgan fingerprint density at radius 2 is 2.15 bits per heavy atom. The quantitative estimate of drug-likeness (QED) is 0.353. The van der Waals surface area contributed by atoms with Crippen LogP contribution in [-0.2, 0) is 4.74 Å². The number of nitrogens with two attached hydrogens (primary N) is 1. The molecular formula is C13H20N4O3. The lowest BCUT2D eigenvalue weighted by molar-refractivity contribution is -0.383. The number of nitro groups is 1. The minimum absolute atomic E-state index is 0.0427. The van der Waals surface area contributed by atoms with E-state index in [1.807, 2.05) is 0 Å². The number of hydrogen-bond acceptors (Lipinski definition) is 6. The molecule has 0 saturated carbocycles. The van der Waals surface area contributed by atoms with Crippen molar-refractivity contribution in [2.24, 2.45) is 0 Å². The molecule has 1 heterocycles. The number of hydrogen-bond donors (Lipinski definition) is 2. The van der Waals surface area contributed by atoms with Crippen molar-refractivity contribution in [3.05, 3.63) is 28.3 Å². The van der Waals surface area contributed by atoms with Crippen LogP contribution in [0.25, 0.3) is 0 Å². The third kappa shape index (κ3) is 3.82. The number of para-hydroxylation sites is 1. The van der Waals surface area contributed by atoms with Gasteiger partial charge in [0, 0.05) is 19.6 Å². The van der Waals surface area contributed by atoms with Gasteiger partial charge in [-0.1, -0.05) is 6.07 Å². The number of nitro benzene ring substituents is 1. The average molecular weight is 280 g/mol. The van der Waals surface area contributed by atoms with Gasteiger partial charge in [0.15, 0.2) is 0 Å². The number of morpholine rings is 1. The number of rotatable bonds is 6. The largest absolute Gasteiger partial charge is 0.393 e. The highest BCUT2D eigenvalue weighted by atomic mass is 16.6. The van der Waals surface area contributed by atoms with E-state index in [1.54, 1.807) is 12.1 Å². The number of ether oxygens (including phenoxy) is 1. The van der Waals surface area contributed by atoms with Crippen molar-refractivity contribution in [1.82, 2.24) is 4.90 Å². The number of nitrogens with one attached hydrogen (secondary N) is 1. The molecule has 1 aromatic carbocycles. The van der Waals surface area contributed by atoms with Crippen molar-refractivity contribution < 1.29 is 9.66 Å². The molecule has 0 aliphatic carbocycles. The van der Waals surface area contributed by atoms with Crippen molar-refractivity contribution in [3.8, 4) is 0 Å². The molecule has 2 rings (SSSR count). The van der Waals surface area contributed by atoms with Gasteiger partial charge in [-0.05, 0) is 25.1 Å². The Labute approximate surface area is 117 Å². The zero-order valence-electron chi connectivity index (χ0n) is 11.4. The van der Waals surface area contributed by atoms with Gasteiger partial charge in [-0.15, -0.1) is 0 Å². The summed E-state index contributed by atoms with van der Waals surface area (Å²) in [6, 6.07) is 4.94. The Morgan fingerprint density at radius 3 is 2.85 bits per heavy atom. The zero-order valence-corrected chi connectivity index (χ0v) is 11.4. The van der Waals surface area contributed by atoms with Gasteiger partial charge in [0.2, 0.25) is 0 Å². The molecule has 0 aromatic heterocycles. The molecule has 1 fully saturated rings. The van der Waals surface area contributed by atoms with Crippen molar-refractivity contribution in [2.75, 3.05) is 50.4 Å². The predicted octanol–water partition coefficient (Wildman–Crippen LogP) is 1.31. The molecule has 1 aliphatic heterocycles. The van der Waals surface area contributed by atoms with E-state index in [1.165, 1.54) is 6.07 Å². The molecule has 0 radical (unpaired) electrons. The van der Waals surface area contributed by atoms with Crippen LogP contribution < -0.4 is 11.1 Å². The Bertz CT molecular complexity index is 461. The van der Waals surface area contributed by atoms with E-state index in [9.17, 15) is 10.1 Å². The molecule has 1 aromatic rings. The standard InChI is InChI=1S/C13H20N4O3/c14-11-3-1-4-12(13(11)17(18)19)15-5-2-6-16-7-9-20-10-8-16/h1,3-4,15H,2,5-10,14H2. The molecular weight excluding hydrogens is 260 g/mol. The molecule has 0 spiro atoms. The van der Waals surface area contributed by atoms with Crippen LogP contribution in [-0.4, -0.2) is 49.2 Å². The normalized spacial score (nSPS) is 16.0. The van der Waals surface area contributed by atoms with E-state index >= 15 is 0 Å². The fourth-order valence-electron chi connectivity index (χ4n) is 2.26. The lowest BCUT2D eigenvalue weighted by Gasteiger charge is -2.26. The fourth-order valence-corrected chi connectivity index (χ4v) is 2.26. The van der Waals surface area contributed by atoms with Crippen molar-refractivity contribution in [1.29, 1.82) is 0 Å². The molecule has 1 saturated heterocycles. The molecule has 7 heteroatoms. The Kier molecular flexibility index (Phi) is 5.14. The van der Waals surface area contributed by atoms with E-state index < -0.39 is 4.92 Å². The van der Waals surface area contributed by atoms with Gasteiger partial charge in [0.25, 0.3) is 0 Å². The summed E-state index contributed by atoms with van der Waals surface area (Å²) in [7, 11) is 0. The van der Waals surface area contributed by atoms with Crippen LogP contribution in [0, 0.1) is 10.1 Å². The first kappa shape index (κ1) is 14.5. The molecule has 1 aliphatic rings. The Balaban J connectivity index is 1.82. The summed E-state index contributed by atoms with van der Waals surface area (Å²) in [5, 5.41) is 14.1. The highest BCUT2D eigenvalue weighted by Gasteiger charge is 2.17. The lowest BCUT2D eigenvalue weighted by Crippen LogP contribution is -2.37. The van der Waals surface area contributed by atoms with Crippen LogP contribution in [0.4, 0.5) is 17.1 Å². The van der Waals surface area contributed by atoms with Crippen LogP contribution in [0.15, 0.2) is 18.2 Å². The molecule has 7 nitrogen and oxygen atoms in total. The summed E-state index contributed by atoms with van der Waals surface area (Å²) in [5.41, 5.74) is 6.27. The molecule has 0 bridgehead atoms. The van der Waals surface area contributed by atoms with Crippen LogP contribution >= 0.6 is 0 Å². The number of benzene rings is 1. The summed E-state index contributed by atoms with van der Waals surface area (Å²) < 4.78 is 5.28. The maximum absolute atomic E-state index is 11.0. The van der Waals surface area contributed by atoms with Gasteiger partial charge in [0.1, 0.15) is 11.4 Å². The van der Waals surface area contributed by atoms with E-state index in [-0.39, 0.29) is 11.4 Å². The van der Waals surface area contributed by atoms with E-state index in [0.717, 1.165) is 39.3 Å². The number of nitrogen functional groups attached to an aromatic ring is 1. The number of anilines is 2. The van der Waals surface area contributed by atoms with Crippen LogP contribution in [0.3, 0.4) is 0 Å². The second-order valence-electron chi connectivity index (χ2n) is 4.73. The molecule has 0 atom stereocenters. The third-order valence-electron chi connectivity index (χ3n) is 3.32. The lowest BCUT2D eigenvalue weighted by atomic mass is 10.2. The smallest absolute Gasteiger partial charge is 0.314 e. The molecule has 20 heavy (non-hydrogen) atoms. The fraction of sp³-hybridized carbons (Fsp3) is 0.538. The zero-order chi connectivity index (χ0) is 14.4. The second-order valence-corrected chi connectivity index (χ2v) is 4.73. The first-order chi connectivity index (χ1) is 9.68.